The number of anilines is 1. The van der Waals surface area contributed by atoms with Crippen molar-refractivity contribution in [3.8, 4) is 0 Å². The van der Waals surface area contributed by atoms with Crippen LogP contribution in [-0.4, -0.2) is 35.2 Å². The van der Waals surface area contributed by atoms with Crippen LogP contribution in [0.1, 0.15) is 30.8 Å². The third kappa shape index (κ3) is 3.86. The fraction of sp³-hybridized carbons (Fsp3) is 0.750. The van der Waals surface area contributed by atoms with Crippen LogP contribution in [0.4, 0.5) is 5.13 Å². The number of aliphatic hydroxyl groups excluding tert-OH is 1. The first-order chi connectivity index (χ1) is 8.13. The lowest BCUT2D eigenvalue weighted by molar-refractivity contribution is 0.284. The van der Waals surface area contributed by atoms with E-state index in [1.165, 1.54) is 0 Å². The molecule has 1 aromatic heterocycles. The number of aryl methyl sites for hydroxylation is 1. The molecule has 0 bridgehead atoms. The van der Waals surface area contributed by atoms with Gasteiger partial charge in [-0.3, -0.25) is 0 Å². The van der Waals surface area contributed by atoms with Gasteiger partial charge in [0.05, 0.1) is 17.2 Å². The van der Waals surface area contributed by atoms with Crippen molar-refractivity contribution in [3.05, 3.63) is 10.6 Å². The first-order valence-corrected chi connectivity index (χ1v) is 8.16. The highest BCUT2D eigenvalue weighted by Gasteiger charge is 2.16. The van der Waals surface area contributed by atoms with Gasteiger partial charge in [-0.25, -0.2) is 4.98 Å². The summed E-state index contributed by atoms with van der Waals surface area (Å²) in [5.41, 5.74) is 1.07. The number of thioether (sulfide) groups is 1. The fourth-order valence-corrected chi connectivity index (χ4v) is 3.35. The smallest absolute Gasteiger partial charge is 0.185 e. The average molecular weight is 274 g/mol. The molecule has 1 rings (SSSR count). The van der Waals surface area contributed by atoms with Crippen molar-refractivity contribution in [2.24, 2.45) is 0 Å². The SMILES string of the molecule is CCCc1nc(N(C)C(C)CSC)sc1CO. The molecule has 0 saturated carbocycles. The van der Waals surface area contributed by atoms with E-state index in [1.54, 1.807) is 11.3 Å². The van der Waals surface area contributed by atoms with Gasteiger partial charge in [-0.15, -0.1) is 0 Å². The Bertz CT molecular complexity index is 341. The minimum absolute atomic E-state index is 0.109. The molecule has 0 aliphatic carbocycles. The van der Waals surface area contributed by atoms with Crippen molar-refractivity contribution < 1.29 is 5.11 Å². The van der Waals surface area contributed by atoms with Crippen molar-refractivity contribution in [1.82, 2.24) is 4.98 Å². The lowest BCUT2D eigenvalue weighted by Gasteiger charge is -2.23. The van der Waals surface area contributed by atoms with Gasteiger partial charge in [0.1, 0.15) is 0 Å². The zero-order valence-electron chi connectivity index (χ0n) is 11.1. The van der Waals surface area contributed by atoms with Crippen LogP contribution in [0.5, 0.6) is 0 Å². The van der Waals surface area contributed by atoms with Crippen LogP contribution in [0, 0.1) is 0 Å². The third-order valence-electron chi connectivity index (χ3n) is 2.77. The van der Waals surface area contributed by atoms with Crippen LogP contribution >= 0.6 is 23.1 Å². The topological polar surface area (TPSA) is 36.4 Å². The largest absolute Gasteiger partial charge is 0.391 e. The molecule has 3 nitrogen and oxygen atoms in total. The molecule has 1 atom stereocenters. The van der Waals surface area contributed by atoms with Gasteiger partial charge >= 0.3 is 0 Å². The van der Waals surface area contributed by atoms with Gasteiger partial charge in [-0.2, -0.15) is 11.8 Å². The van der Waals surface area contributed by atoms with Crippen LogP contribution in [-0.2, 0) is 13.0 Å². The van der Waals surface area contributed by atoms with E-state index >= 15 is 0 Å². The van der Waals surface area contributed by atoms with Crippen molar-refractivity contribution in [2.75, 3.05) is 24.0 Å². The molecule has 17 heavy (non-hydrogen) atoms. The molecule has 0 amide bonds. The van der Waals surface area contributed by atoms with Gasteiger partial charge < -0.3 is 10.0 Å². The lowest BCUT2D eigenvalue weighted by Crippen LogP contribution is -2.30. The Morgan fingerprint density at radius 3 is 2.76 bits per heavy atom. The number of aliphatic hydroxyl groups is 1. The molecular weight excluding hydrogens is 252 g/mol. The summed E-state index contributed by atoms with van der Waals surface area (Å²) in [5, 5.41) is 10.4. The van der Waals surface area contributed by atoms with Crippen LogP contribution < -0.4 is 4.90 Å². The molecule has 0 saturated heterocycles. The quantitative estimate of drug-likeness (QED) is 0.829. The van der Waals surface area contributed by atoms with Gasteiger partial charge in [-0.05, 0) is 19.6 Å². The highest BCUT2D eigenvalue weighted by Crippen LogP contribution is 2.28. The van der Waals surface area contributed by atoms with Crippen molar-refractivity contribution in [1.29, 1.82) is 0 Å². The molecule has 1 heterocycles. The van der Waals surface area contributed by atoms with E-state index in [9.17, 15) is 5.11 Å². The summed E-state index contributed by atoms with van der Waals surface area (Å²) in [4.78, 5) is 7.88. The highest BCUT2D eigenvalue weighted by molar-refractivity contribution is 7.98. The van der Waals surface area contributed by atoms with Gasteiger partial charge in [0, 0.05) is 18.8 Å². The Morgan fingerprint density at radius 2 is 2.24 bits per heavy atom. The molecule has 0 radical (unpaired) electrons. The fourth-order valence-electron chi connectivity index (χ4n) is 1.62. The Balaban J connectivity index is 2.83. The zero-order valence-corrected chi connectivity index (χ0v) is 12.7. The second kappa shape index (κ2) is 7.24. The summed E-state index contributed by atoms with van der Waals surface area (Å²) in [6.45, 7) is 4.45. The van der Waals surface area contributed by atoms with E-state index in [0.717, 1.165) is 34.3 Å². The minimum atomic E-state index is 0.109. The molecule has 0 aromatic carbocycles. The number of hydrogen-bond donors (Lipinski definition) is 1. The van der Waals surface area contributed by atoms with E-state index in [-0.39, 0.29) is 6.61 Å². The Morgan fingerprint density at radius 1 is 1.53 bits per heavy atom. The Hall–Kier alpha value is -0.260. The Labute approximate surface area is 112 Å². The van der Waals surface area contributed by atoms with Gasteiger partial charge in [-0.1, -0.05) is 24.7 Å². The Kier molecular flexibility index (Phi) is 6.30. The zero-order chi connectivity index (χ0) is 12.8. The van der Waals surface area contributed by atoms with E-state index in [2.05, 4.69) is 37.0 Å². The molecular formula is C12H22N2OS2. The van der Waals surface area contributed by atoms with E-state index < -0.39 is 0 Å². The molecule has 1 aromatic rings. The summed E-state index contributed by atoms with van der Waals surface area (Å²) in [6.07, 6.45) is 4.14. The minimum Gasteiger partial charge on any atom is -0.391 e. The van der Waals surface area contributed by atoms with Crippen molar-refractivity contribution >= 4 is 28.2 Å². The first-order valence-electron chi connectivity index (χ1n) is 5.95. The molecule has 0 fully saturated rings. The molecule has 1 unspecified atom stereocenters. The maximum Gasteiger partial charge on any atom is 0.185 e. The predicted molar refractivity (Wildman–Crippen MR) is 78.3 cm³/mol. The maximum absolute atomic E-state index is 9.33. The lowest BCUT2D eigenvalue weighted by atomic mass is 10.2. The van der Waals surface area contributed by atoms with E-state index in [0.29, 0.717) is 6.04 Å². The predicted octanol–water partition coefficient (Wildman–Crippen LogP) is 2.78. The molecule has 98 valence electrons. The molecule has 0 aliphatic heterocycles. The summed E-state index contributed by atoms with van der Waals surface area (Å²) in [6, 6.07) is 0.470. The van der Waals surface area contributed by atoms with Gasteiger partial charge in [0.2, 0.25) is 0 Å². The van der Waals surface area contributed by atoms with E-state index in [4.69, 9.17) is 0 Å². The number of hydrogen-bond acceptors (Lipinski definition) is 5. The number of thiazole rings is 1. The van der Waals surface area contributed by atoms with Gasteiger partial charge in [0.25, 0.3) is 0 Å². The summed E-state index contributed by atoms with van der Waals surface area (Å²) in [5.74, 6) is 1.09. The maximum atomic E-state index is 9.33. The average Bonchev–Trinajstić information content (AvgIpc) is 2.72. The third-order valence-corrected chi connectivity index (χ3v) is 4.76. The number of rotatable bonds is 7. The monoisotopic (exact) mass is 274 g/mol. The molecule has 0 aliphatic rings. The van der Waals surface area contributed by atoms with E-state index in [1.807, 2.05) is 11.8 Å². The second-order valence-electron chi connectivity index (χ2n) is 4.19. The summed E-state index contributed by atoms with van der Waals surface area (Å²) >= 11 is 3.46. The van der Waals surface area contributed by atoms with Gasteiger partial charge in [0.15, 0.2) is 5.13 Å². The van der Waals surface area contributed by atoms with Crippen LogP contribution in [0.3, 0.4) is 0 Å². The first kappa shape index (κ1) is 14.8. The molecule has 0 spiro atoms. The highest BCUT2D eigenvalue weighted by atomic mass is 32.2. The van der Waals surface area contributed by atoms with Crippen molar-refractivity contribution in [3.63, 3.8) is 0 Å². The number of nitrogens with zero attached hydrogens (tertiary/aromatic N) is 2. The molecule has 5 heteroatoms. The standard InChI is InChI=1S/C12H22N2OS2/c1-5-6-10-11(7-15)17-12(13-10)14(3)9(2)8-16-4/h9,15H,5-8H2,1-4H3. The number of aromatic nitrogens is 1. The summed E-state index contributed by atoms with van der Waals surface area (Å²) in [7, 11) is 2.08. The van der Waals surface area contributed by atoms with Crippen LogP contribution in [0.2, 0.25) is 0 Å². The van der Waals surface area contributed by atoms with Crippen LogP contribution in [0.15, 0.2) is 0 Å². The second-order valence-corrected chi connectivity index (χ2v) is 6.16. The van der Waals surface area contributed by atoms with Crippen LogP contribution in [0.25, 0.3) is 0 Å². The normalized spacial score (nSPS) is 12.8. The van der Waals surface area contributed by atoms with Crippen molar-refractivity contribution in [2.45, 2.75) is 39.3 Å². The summed E-state index contributed by atoms with van der Waals surface area (Å²) < 4.78 is 0. The molecule has 1 N–H and O–H groups in total.